The number of methoxy groups -OCH3 is 2. The Morgan fingerprint density at radius 3 is 2.14 bits per heavy atom. The van der Waals surface area contributed by atoms with Crippen LogP contribution >= 0.6 is 0 Å². The zero-order chi connectivity index (χ0) is 26.6. The van der Waals surface area contributed by atoms with E-state index < -0.39 is 35.8 Å². The monoisotopic (exact) mass is 497 g/mol. The molecule has 36 heavy (non-hydrogen) atoms. The number of nitrogens with zero attached hydrogens (tertiary/aromatic N) is 1. The van der Waals surface area contributed by atoms with Gasteiger partial charge in [-0.25, -0.2) is 9.59 Å². The van der Waals surface area contributed by atoms with Gasteiger partial charge >= 0.3 is 11.9 Å². The van der Waals surface area contributed by atoms with E-state index in [2.05, 4.69) is 0 Å². The number of esters is 2. The minimum atomic E-state index is -2.11. The third kappa shape index (κ3) is 7.26. The van der Waals surface area contributed by atoms with E-state index in [-0.39, 0.29) is 19.8 Å². The summed E-state index contributed by atoms with van der Waals surface area (Å²) in [5.74, 6) is -2.54. The van der Waals surface area contributed by atoms with Gasteiger partial charge in [0, 0.05) is 18.7 Å². The van der Waals surface area contributed by atoms with Crippen LogP contribution in [0, 0.1) is 0 Å². The van der Waals surface area contributed by atoms with Crippen LogP contribution in [0.3, 0.4) is 0 Å². The summed E-state index contributed by atoms with van der Waals surface area (Å²) in [5.41, 5.74) is -0.694. The summed E-state index contributed by atoms with van der Waals surface area (Å²) in [6.07, 6.45) is 1.90. The van der Waals surface area contributed by atoms with Crippen LogP contribution in [-0.4, -0.2) is 61.5 Å². The maximum Gasteiger partial charge on any atom is 0.342 e. The first-order valence-electron chi connectivity index (χ1n) is 11.3. The van der Waals surface area contributed by atoms with Crippen molar-refractivity contribution in [2.24, 2.45) is 0 Å². The molecule has 2 aromatic carbocycles. The molecule has 0 heterocycles. The van der Waals surface area contributed by atoms with E-state index in [0.29, 0.717) is 11.3 Å². The highest BCUT2D eigenvalue weighted by molar-refractivity contribution is 6.11. The molecule has 0 saturated heterocycles. The van der Waals surface area contributed by atoms with E-state index in [1.807, 2.05) is 30.3 Å². The molecule has 192 valence electrons. The number of carbonyl (C=O) groups is 4. The largest absolute Gasteiger partial charge is 0.497 e. The second kappa shape index (κ2) is 13.8. The van der Waals surface area contributed by atoms with Gasteiger partial charge in [0.1, 0.15) is 5.75 Å². The molecule has 0 aliphatic heterocycles. The van der Waals surface area contributed by atoms with E-state index in [9.17, 15) is 19.2 Å². The van der Waals surface area contributed by atoms with Crippen molar-refractivity contribution in [3.8, 4) is 5.75 Å². The third-order valence-electron chi connectivity index (χ3n) is 5.40. The van der Waals surface area contributed by atoms with Crippen molar-refractivity contribution in [2.45, 2.75) is 32.5 Å². The smallest absolute Gasteiger partial charge is 0.342 e. The topological polar surface area (TPSA) is 108 Å². The second-order valence-corrected chi connectivity index (χ2v) is 7.74. The highest BCUT2D eigenvalue weighted by Gasteiger charge is 2.52. The molecule has 9 nitrogen and oxygen atoms in total. The Labute approximate surface area is 210 Å². The Balaban J connectivity index is 2.49. The summed E-state index contributed by atoms with van der Waals surface area (Å²) < 4.78 is 20.8. The van der Waals surface area contributed by atoms with Crippen LogP contribution in [0.2, 0.25) is 0 Å². The molecule has 0 aliphatic rings. The van der Waals surface area contributed by atoms with E-state index in [1.165, 1.54) is 14.0 Å². The van der Waals surface area contributed by atoms with E-state index in [1.54, 1.807) is 31.2 Å². The maximum atomic E-state index is 13.4. The van der Waals surface area contributed by atoms with Crippen LogP contribution in [0.5, 0.6) is 5.75 Å². The fourth-order valence-corrected chi connectivity index (χ4v) is 3.48. The molecule has 0 N–H and O–H groups in total. The van der Waals surface area contributed by atoms with Crippen molar-refractivity contribution in [3.63, 3.8) is 0 Å². The van der Waals surface area contributed by atoms with Crippen LogP contribution in [-0.2, 0) is 46.5 Å². The standard InChI is InChI=1S/C27H31NO8/c1-5-36-25(31)16-15-24(30)28(17-21-11-13-23(33-3)14-12-21)27(20(2)29,26(32)34-4)19-35-18-22-9-7-6-8-10-22/h6-16H,5,17-19H2,1-4H3/b16-15+/t27-/m1/s1. The molecule has 0 bridgehead atoms. The number of hydrogen-bond donors (Lipinski definition) is 0. The fraction of sp³-hybridized carbons (Fsp3) is 0.333. The van der Waals surface area contributed by atoms with Gasteiger partial charge < -0.3 is 23.8 Å². The molecule has 1 amide bonds. The van der Waals surface area contributed by atoms with Gasteiger partial charge in [-0.1, -0.05) is 42.5 Å². The van der Waals surface area contributed by atoms with Gasteiger partial charge in [-0.3, -0.25) is 9.59 Å². The zero-order valence-corrected chi connectivity index (χ0v) is 20.9. The maximum absolute atomic E-state index is 13.4. The van der Waals surface area contributed by atoms with Crippen molar-refractivity contribution in [2.75, 3.05) is 27.4 Å². The highest BCUT2D eigenvalue weighted by atomic mass is 16.5. The number of amides is 1. The van der Waals surface area contributed by atoms with Crippen molar-refractivity contribution in [1.82, 2.24) is 4.90 Å². The summed E-state index contributed by atoms with van der Waals surface area (Å²) in [5, 5.41) is 0. The molecule has 1 atom stereocenters. The highest BCUT2D eigenvalue weighted by Crippen LogP contribution is 2.25. The first kappa shape index (κ1) is 28.3. The lowest BCUT2D eigenvalue weighted by atomic mass is 9.92. The molecule has 0 fully saturated rings. The summed E-state index contributed by atoms with van der Waals surface area (Å²) in [6.45, 7) is 2.42. The molecule has 0 saturated carbocycles. The Morgan fingerprint density at radius 2 is 1.58 bits per heavy atom. The molecule has 0 aliphatic carbocycles. The Morgan fingerprint density at radius 1 is 0.917 bits per heavy atom. The van der Waals surface area contributed by atoms with Gasteiger partial charge in [-0.15, -0.1) is 0 Å². The van der Waals surface area contributed by atoms with Gasteiger partial charge in [0.25, 0.3) is 0 Å². The average Bonchev–Trinajstić information content (AvgIpc) is 2.89. The lowest BCUT2D eigenvalue weighted by molar-refractivity contribution is -0.171. The molecular formula is C27H31NO8. The van der Waals surface area contributed by atoms with Crippen LogP contribution in [0.15, 0.2) is 66.7 Å². The van der Waals surface area contributed by atoms with Gasteiger partial charge in [0.05, 0.1) is 34.0 Å². The summed E-state index contributed by atoms with van der Waals surface area (Å²) in [4.78, 5) is 52.5. The van der Waals surface area contributed by atoms with Crippen molar-refractivity contribution < 1.29 is 38.1 Å². The van der Waals surface area contributed by atoms with Gasteiger partial charge in [0.2, 0.25) is 11.4 Å². The molecule has 0 unspecified atom stereocenters. The summed E-state index contributed by atoms with van der Waals surface area (Å²) in [7, 11) is 2.65. The molecule has 2 rings (SSSR count). The van der Waals surface area contributed by atoms with Crippen LogP contribution in [0.4, 0.5) is 0 Å². The van der Waals surface area contributed by atoms with Crippen LogP contribution < -0.4 is 4.74 Å². The molecule has 0 aromatic heterocycles. The number of benzene rings is 2. The van der Waals surface area contributed by atoms with E-state index in [0.717, 1.165) is 29.7 Å². The number of ketones is 1. The minimum absolute atomic E-state index is 0.0933. The third-order valence-corrected chi connectivity index (χ3v) is 5.40. The Kier molecular flexibility index (Phi) is 10.8. The minimum Gasteiger partial charge on any atom is -0.497 e. The van der Waals surface area contributed by atoms with Crippen molar-refractivity contribution >= 4 is 23.6 Å². The number of ether oxygens (including phenoxy) is 4. The predicted octanol–water partition coefficient (Wildman–Crippen LogP) is 2.86. The van der Waals surface area contributed by atoms with Crippen molar-refractivity contribution in [1.29, 1.82) is 0 Å². The number of carbonyl (C=O) groups excluding carboxylic acids is 4. The lowest BCUT2D eigenvalue weighted by Crippen LogP contribution is -2.64. The summed E-state index contributed by atoms with van der Waals surface area (Å²) in [6, 6.07) is 15.9. The van der Waals surface area contributed by atoms with Gasteiger partial charge in [-0.2, -0.15) is 0 Å². The van der Waals surface area contributed by atoms with Gasteiger partial charge in [0.15, 0.2) is 5.78 Å². The SMILES string of the molecule is CCOC(=O)/C=C/C(=O)N(Cc1ccc(OC)cc1)[C@](COCc1ccccc1)(C(C)=O)C(=O)OC. The summed E-state index contributed by atoms with van der Waals surface area (Å²) >= 11 is 0. The quantitative estimate of drug-likeness (QED) is 0.236. The Bertz CT molecular complexity index is 1060. The lowest BCUT2D eigenvalue weighted by Gasteiger charge is -2.39. The molecule has 0 spiro atoms. The number of rotatable bonds is 13. The zero-order valence-electron chi connectivity index (χ0n) is 20.9. The van der Waals surface area contributed by atoms with Gasteiger partial charge in [-0.05, 0) is 37.1 Å². The fourth-order valence-electron chi connectivity index (χ4n) is 3.48. The predicted molar refractivity (Wildman–Crippen MR) is 131 cm³/mol. The number of Topliss-reactive ketones (excluding diaryl/α,β-unsaturated/α-hetero) is 1. The van der Waals surface area contributed by atoms with E-state index in [4.69, 9.17) is 18.9 Å². The Hall–Kier alpha value is -3.98. The average molecular weight is 498 g/mol. The molecular weight excluding hydrogens is 466 g/mol. The first-order valence-corrected chi connectivity index (χ1v) is 11.3. The molecule has 2 aromatic rings. The van der Waals surface area contributed by atoms with Crippen LogP contribution in [0.25, 0.3) is 0 Å². The second-order valence-electron chi connectivity index (χ2n) is 7.74. The van der Waals surface area contributed by atoms with Crippen molar-refractivity contribution in [3.05, 3.63) is 77.9 Å². The van der Waals surface area contributed by atoms with Crippen LogP contribution in [0.1, 0.15) is 25.0 Å². The van der Waals surface area contributed by atoms with E-state index >= 15 is 0 Å². The molecule has 0 radical (unpaired) electrons. The molecule has 9 heteroatoms. The normalized spacial score (nSPS) is 12.4. The first-order chi connectivity index (χ1) is 17.3. The number of hydrogen-bond acceptors (Lipinski definition) is 8.